The molecule has 3 saturated carbocycles. The lowest BCUT2D eigenvalue weighted by Crippen LogP contribution is -2.55. The van der Waals surface area contributed by atoms with Gasteiger partial charge >= 0.3 is 0 Å². The van der Waals surface area contributed by atoms with Gasteiger partial charge in [0.05, 0.1) is 17.8 Å². The second-order valence-electron chi connectivity index (χ2n) is 14.7. The van der Waals surface area contributed by atoms with Crippen molar-refractivity contribution in [1.82, 2.24) is 0 Å². The predicted molar refractivity (Wildman–Crippen MR) is 134 cm³/mol. The lowest BCUT2D eigenvalue weighted by molar-refractivity contribution is -0.0981. The van der Waals surface area contributed by atoms with Gasteiger partial charge in [-0.3, -0.25) is 0 Å². The third-order valence-corrected chi connectivity index (χ3v) is 12.9. The summed E-state index contributed by atoms with van der Waals surface area (Å²) in [6.45, 7) is 16.0. The van der Waals surface area contributed by atoms with E-state index in [1.54, 1.807) is 11.1 Å². The average Bonchev–Trinajstić information content (AvgIpc) is 3.22. The van der Waals surface area contributed by atoms with E-state index in [0.717, 1.165) is 25.7 Å². The van der Waals surface area contributed by atoms with Crippen molar-refractivity contribution in [2.75, 3.05) is 0 Å². The van der Waals surface area contributed by atoms with Gasteiger partial charge in [0.1, 0.15) is 0 Å². The van der Waals surface area contributed by atoms with E-state index in [-0.39, 0.29) is 39.8 Å². The Morgan fingerprint density at radius 1 is 0.788 bits per heavy atom. The quantitative estimate of drug-likeness (QED) is 0.428. The third-order valence-electron chi connectivity index (χ3n) is 12.9. The highest BCUT2D eigenvalue weighted by molar-refractivity contribution is 5.39. The van der Waals surface area contributed by atoms with Crippen LogP contribution in [-0.4, -0.2) is 33.1 Å². The number of hydrogen-bond donors (Lipinski definition) is 3. The molecule has 3 fully saturated rings. The number of hydrogen-bond acceptors (Lipinski definition) is 3. The Balaban J connectivity index is 1.49. The monoisotopic (exact) mass is 458 g/mol. The Labute approximate surface area is 202 Å². The molecule has 0 bridgehead atoms. The molecule has 0 saturated heterocycles. The number of fused-ring (bicyclic) bond motifs is 4. The van der Waals surface area contributed by atoms with E-state index in [4.69, 9.17) is 0 Å². The predicted octanol–water partition coefficient (Wildman–Crippen LogP) is 6.25. The van der Waals surface area contributed by atoms with Crippen LogP contribution < -0.4 is 0 Å². The van der Waals surface area contributed by atoms with Crippen LogP contribution in [-0.2, 0) is 0 Å². The maximum atomic E-state index is 11.3. The van der Waals surface area contributed by atoms with Crippen LogP contribution in [0.1, 0.15) is 113 Å². The first kappa shape index (κ1) is 24.3. The standard InChI is InChI=1S/C30H50O3/c1-26(2)23-11-10-21-20(28(23,5)15-14-24(26)31)13-17-29(6)19(12-16-30(21,29)7)18-8-9-22(25(18)32)27(3,4)33/h18-19,22-25,31-33H,8-17H2,1-7H3/t18-,19-,22-,23+,24+,25-,28-,29-,30+/m1/s1. The van der Waals surface area contributed by atoms with E-state index in [2.05, 4.69) is 34.6 Å². The van der Waals surface area contributed by atoms with Crippen LogP contribution >= 0.6 is 0 Å². The molecule has 5 aliphatic rings. The summed E-state index contributed by atoms with van der Waals surface area (Å²) in [4.78, 5) is 0. The highest BCUT2D eigenvalue weighted by atomic mass is 16.3. The summed E-state index contributed by atoms with van der Waals surface area (Å²) in [5.41, 5.74) is 3.43. The van der Waals surface area contributed by atoms with E-state index < -0.39 is 5.60 Å². The molecule has 0 unspecified atom stereocenters. The van der Waals surface area contributed by atoms with Crippen molar-refractivity contribution in [2.45, 2.75) is 130 Å². The molecule has 0 aromatic heterocycles. The normalized spacial score (nSPS) is 51.8. The zero-order valence-corrected chi connectivity index (χ0v) is 22.4. The molecule has 0 radical (unpaired) electrons. The zero-order valence-electron chi connectivity index (χ0n) is 22.4. The highest BCUT2D eigenvalue weighted by Crippen LogP contribution is 2.73. The first-order valence-corrected chi connectivity index (χ1v) is 14.0. The number of rotatable bonds is 2. The maximum absolute atomic E-state index is 11.3. The molecule has 9 atom stereocenters. The van der Waals surface area contributed by atoms with Gasteiger partial charge < -0.3 is 15.3 Å². The van der Waals surface area contributed by atoms with Crippen LogP contribution in [0.5, 0.6) is 0 Å². The highest BCUT2D eigenvalue weighted by Gasteiger charge is 2.64. The van der Waals surface area contributed by atoms with Crippen LogP contribution in [0.15, 0.2) is 11.1 Å². The number of aliphatic hydroxyl groups excluding tert-OH is 2. The molecule has 0 spiro atoms. The largest absolute Gasteiger partial charge is 0.393 e. The van der Waals surface area contributed by atoms with Crippen molar-refractivity contribution in [1.29, 1.82) is 0 Å². The van der Waals surface area contributed by atoms with E-state index >= 15 is 0 Å². The molecule has 5 rings (SSSR count). The van der Waals surface area contributed by atoms with Crippen molar-refractivity contribution >= 4 is 0 Å². The fraction of sp³-hybridized carbons (Fsp3) is 0.933. The smallest absolute Gasteiger partial charge is 0.0644 e. The Bertz CT molecular complexity index is 836. The van der Waals surface area contributed by atoms with E-state index in [0.29, 0.717) is 17.8 Å². The van der Waals surface area contributed by atoms with Gasteiger partial charge in [-0.25, -0.2) is 0 Å². The fourth-order valence-corrected chi connectivity index (χ4v) is 10.6. The van der Waals surface area contributed by atoms with Crippen LogP contribution in [0.25, 0.3) is 0 Å². The molecule has 188 valence electrons. The van der Waals surface area contributed by atoms with Crippen LogP contribution in [0.3, 0.4) is 0 Å². The zero-order chi connectivity index (χ0) is 24.2. The van der Waals surface area contributed by atoms with E-state index in [1.807, 2.05) is 13.8 Å². The summed E-state index contributed by atoms with van der Waals surface area (Å²) in [5, 5.41) is 32.8. The van der Waals surface area contributed by atoms with Gasteiger partial charge in [-0.1, -0.05) is 45.8 Å². The van der Waals surface area contributed by atoms with Gasteiger partial charge in [-0.05, 0) is 117 Å². The molecule has 0 aliphatic heterocycles. The molecular formula is C30H50O3. The first-order chi connectivity index (χ1) is 15.2. The molecule has 33 heavy (non-hydrogen) atoms. The lowest BCUT2D eigenvalue weighted by Gasteiger charge is -2.62. The summed E-state index contributed by atoms with van der Waals surface area (Å²) in [7, 11) is 0. The summed E-state index contributed by atoms with van der Waals surface area (Å²) < 4.78 is 0. The Morgan fingerprint density at radius 2 is 1.48 bits per heavy atom. The Hall–Kier alpha value is -0.380. The topological polar surface area (TPSA) is 60.7 Å². The molecule has 0 aromatic rings. The van der Waals surface area contributed by atoms with Gasteiger partial charge in [-0.15, -0.1) is 0 Å². The van der Waals surface area contributed by atoms with Crippen molar-refractivity contribution in [2.24, 2.45) is 45.3 Å². The maximum Gasteiger partial charge on any atom is 0.0644 e. The molecule has 3 heteroatoms. The van der Waals surface area contributed by atoms with Crippen molar-refractivity contribution in [3.8, 4) is 0 Å². The second kappa shape index (κ2) is 7.32. The molecule has 0 amide bonds. The lowest BCUT2D eigenvalue weighted by atomic mass is 9.43. The van der Waals surface area contributed by atoms with Crippen molar-refractivity contribution in [3.05, 3.63) is 11.1 Å². The molecule has 3 N–H and O–H groups in total. The van der Waals surface area contributed by atoms with Crippen LogP contribution in [0.4, 0.5) is 0 Å². The summed E-state index contributed by atoms with van der Waals surface area (Å²) in [6, 6.07) is 0. The first-order valence-electron chi connectivity index (χ1n) is 14.0. The molecular weight excluding hydrogens is 408 g/mol. The van der Waals surface area contributed by atoms with Gasteiger partial charge in [0.2, 0.25) is 0 Å². The SMILES string of the molecule is CC(C)(O)[C@@H]1CC[C@H]([C@H]2CC[C@@]3(C)C4=C(CC[C@]23C)[C@@]2(C)CC[C@H](O)C(C)(C)[C@@H]2CC4)[C@H]1O. The molecule has 5 aliphatic carbocycles. The Kier molecular flexibility index (Phi) is 5.40. The van der Waals surface area contributed by atoms with Crippen molar-refractivity contribution in [3.63, 3.8) is 0 Å². The summed E-state index contributed by atoms with van der Waals surface area (Å²) in [6.07, 6.45) is 10.8. The minimum atomic E-state index is -0.801. The third kappa shape index (κ3) is 3.10. The minimum Gasteiger partial charge on any atom is -0.393 e. The number of aliphatic hydroxyl groups is 3. The summed E-state index contributed by atoms with van der Waals surface area (Å²) in [5.74, 6) is 1.45. The van der Waals surface area contributed by atoms with Gasteiger partial charge in [0.15, 0.2) is 0 Å². The number of allylic oxidation sites excluding steroid dienone is 2. The summed E-state index contributed by atoms with van der Waals surface area (Å²) >= 11 is 0. The second-order valence-corrected chi connectivity index (χ2v) is 14.7. The average molecular weight is 459 g/mol. The van der Waals surface area contributed by atoms with Gasteiger partial charge in [-0.2, -0.15) is 0 Å². The molecule has 0 aromatic carbocycles. The Morgan fingerprint density at radius 3 is 2.12 bits per heavy atom. The fourth-order valence-electron chi connectivity index (χ4n) is 10.6. The minimum absolute atomic E-state index is 0.00145. The molecule has 3 nitrogen and oxygen atoms in total. The van der Waals surface area contributed by atoms with E-state index in [9.17, 15) is 15.3 Å². The van der Waals surface area contributed by atoms with Crippen LogP contribution in [0.2, 0.25) is 0 Å². The van der Waals surface area contributed by atoms with Gasteiger partial charge in [0.25, 0.3) is 0 Å². The van der Waals surface area contributed by atoms with Gasteiger partial charge in [0, 0.05) is 5.92 Å². The van der Waals surface area contributed by atoms with Crippen molar-refractivity contribution < 1.29 is 15.3 Å². The van der Waals surface area contributed by atoms with E-state index in [1.165, 1.54) is 38.5 Å². The van der Waals surface area contributed by atoms with Crippen LogP contribution in [0, 0.1) is 45.3 Å². The molecule has 0 heterocycles.